The van der Waals surface area contributed by atoms with E-state index in [4.69, 9.17) is 5.73 Å². The summed E-state index contributed by atoms with van der Waals surface area (Å²) in [7, 11) is 0. The van der Waals surface area contributed by atoms with Crippen LogP contribution in [0.4, 0.5) is 18.9 Å². The number of hydrogen-bond acceptors (Lipinski definition) is 4. The van der Waals surface area contributed by atoms with Gasteiger partial charge in [-0.05, 0) is 34.2 Å². The summed E-state index contributed by atoms with van der Waals surface area (Å²) >= 11 is 0. The molecular formula is C14H10F3N5. The third-order valence-electron chi connectivity index (χ3n) is 3.08. The molecule has 2 aromatic carbocycles. The standard InChI is InChI=1S/C14H10F3N5/c15-14(16,17)13-19-20-21-22(13)12-4-2-1-3-11(12)9-5-7-10(18)8-6-9/h1-8H,18H2. The smallest absolute Gasteiger partial charge is 0.399 e. The molecule has 0 amide bonds. The molecule has 3 rings (SSSR count). The first-order chi connectivity index (χ1) is 10.5. The summed E-state index contributed by atoms with van der Waals surface area (Å²) in [6, 6.07) is 13.4. The van der Waals surface area contributed by atoms with Crippen LogP contribution in [0.3, 0.4) is 0 Å². The molecule has 0 aliphatic heterocycles. The van der Waals surface area contributed by atoms with E-state index in [1.165, 1.54) is 6.07 Å². The van der Waals surface area contributed by atoms with Gasteiger partial charge in [0.05, 0.1) is 5.69 Å². The third-order valence-corrected chi connectivity index (χ3v) is 3.08. The summed E-state index contributed by atoms with van der Waals surface area (Å²) in [5.41, 5.74) is 7.73. The van der Waals surface area contributed by atoms with Crippen LogP contribution in [0.2, 0.25) is 0 Å². The molecule has 0 aliphatic rings. The van der Waals surface area contributed by atoms with Gasteiger partial charge >= 0.3 is 6.18 Å². The fraction of sp³-hybridized carbons (Fsp3) is 0.0714. The minimum atomic E-state index is -4.64. The Balaban J connectivity index is 2.18. The second-order valence-electron chi connectivity index (χ2n) is 4.55. The van der Waals surface area contributed by atoms with Crippen LogP contribution >= 0.6 is 0 Å². The molecular weight excluding hydrogens is 295 g/mol. The van der Waals surface area contributed by atoms with Crippen LogP contribution in [-0.2, 0) is 6.18 Å². The highest BCUT2D eigenvalue weighted by molar-refractivity contribution is 5.73. The van der Waals surface area contributed by atoms with Crippen LogP contribution in [0.5, 0.6) is 0 Å². The Kier molecular flexibility index (Phi) is 3.28. The maximum Gasteiger partial charge on any atom is 0.453 e. The largest absolute Gasteiger partial charge is 0.453 e. The predicted octanol–water partition coefficient (Wildman–Crippen LogP) is 2.93. The highest BCUT2D eigenvalue weighted by atomic mass is 19.4. The molecule has 8 heteroatoms. The molecule has 3 aromatic rings. The summed E-state index contributed by atoms with van der Waals surface area (Å²) < 4.78 is 39.6. The van der Waals surface area contributed by atoms with E-state index >= 15 is 0 Å². The second kappa shape index (κ2) is 5.14. The van der Waals surface area contributed by atoms with Gasteiger partial charge in [0, 0.05) is 11.3 Å². The van der Waals surface area contributed by atoms with Crippen molar-refractivity contribution in [1.29, 1.82) is 0 Å². The van der Waals surface area contributed by atoms with Gasteiger partial charge in [-0.25, -0.2) is 0 Å². The van der Waals surface area contributed by atoms with E-state index in [1.807, 2.05) is 0 Å². The third kappa shape index (κ3) is 2.50. The van der Waals surface area contributed by atoms with Crippen molar-refractivity contribution >= 4 is 5.69 Å². The van der Waals surface area contributed by atoms with E-state index in [9.17, 15) is 13.2 Å². The van der Waals surface area contributed by atoms with Gasteiger partial charge in [0.1, 0.15) is 0 Å². The maximum atomic E-state index is 13.0. The topological polar surface area (TPSA) is 69.6 Å². The van der Waals surface area contributed by atoms with Crippen molar-refractivity contribution in [2.75, 3.05) is 5.73 Å². The number of tetrazole rings is 1. The molecule has 112 valence electrons. The number of hydrogen-bond donors (Lipinski definition) is 1. The zero-order valence-electron chi connectivity index (χ0n) is 11.1. The van der Waals surface area contributed by atoms with Gasteiger partial charge in [0.15, 0.2) is 0 Å². The Morgan fingerprint density at radius 1 is 0.955 bits per heavy atom. The zero-order chi connectivity index (χ0) is 15.7. The SMILES string of the molecule is Nc1ccc(-c2ccccc2-n2nnnc2C(F)(F)F)cc1. The van der Waals surface area contributed by atoms with Gasteiger partial charge < -0.3 is 5.73 Å². The van der Waals surface area contributed by atoms with E-state index < -0.39 is 12.0 Å². The first kappa shape index (κ1) is 14.1. The molecule has 0 unspecified atom stereocenters. The Hall–Kier alpha value is -2.90. The summed E-state index contributed by atoms with van der Waals surface area (Å²) in [6.45, 7) is 0. The highest BCUT2D eigenvalue weighted by Gasteiger charge is 2.38. The quantitative estimate of drug-likeness (QED) is 0.739. The summed E-state index contributed by atoms with van der Waals surface area (Å²) in [6.07, 6.45) is -4.64. The van der Waals surface area contributed by atoms with Gasteiger partial charge in [0.25, 0.3) is 5.82 Å². The second-order valence-corrected chi connectivity index (χ2v) is 4.55. The van der Waals surface area contributed by atoms with Gasteiger partial charge in [-0.1, -0.05) is 30.3 Å². The lowest BCUT2D eigenvalue weighted by molar-refractivity contribution is -0.146. The summed E-state index contributed by atoms with van der Waals surface area (Å²) in [4.78, 5) is 0. The average molecular weight is 305 g/mol. The minimum absolute atomic E-state index is 0.240. The van der Waals surface area contributed by atoms with E-state index in [2.05, 4.69) is 15.5 Å². The number of para-hydroxylation sites is 1. The van der Waals surface area contributed by atoms with Crippen LogP contribution in [0.15, 0.2) is 48.5 Å². The lowest BCUT2D eigenvalue weighted by Crippen LogP contribution is -2.15. The van der Waals surface area contributed by atoms with Crippen LogP contribution in [-0.4, -0.2) is 20.2 Å². The molecule has 0 atom stereocenters. The molecule has 0 saturated heterocycles. The number of nitrogens with two attached hydrogens (primary N) is 1. The van der Waals surface area contributed by atoms with Crippen molar-refractivity contribution in [2.24, 2.45) is 0 Å². The zero-order valence-corrected chi connectivity index (χ0v) is 11.1. The van der Waals surface area contributed by atoms with Crippen LogP contribution in [0, 0.1) is 0 Å². The summed E-state index contributed by atoms with van der Waals surface area (Å²) in [5.74, 6) is -1.17. The van der Waals surface area contributed by atoms with Gasteiger partial charge in [0.2, 0.25) is 0 Å². The average Bonchev–Trinajstić information content (AvgIpc) is 2.97. The molecule has 0 aliphatic carbocycles. The van der Waals surface area contributed by atoms with Gasteiger partial charge in [-0.2, -0.15) is 17.9 Å². The molecule has 1 aromatic heterocycles. The Labute approximate surface area is 123 Å². The van der Waals surface area contributed by atoms with Crippen LogP contribution < -0.4 is 5.73 Å². The number of rotatable bonds is 2. The molecule has 0 bridgehead atoms. The molecule has 0 radical (unpaired) electrons. The number of alkyl halides is 3. The van der Waals surface area contributed by atoms with Crippen molar-refractivity contribution < 1.29 is 13.2 Å². The van der Waals surface area contributed by atoms with E-state index in [1.54, 1.807) is 42.5 Å². The fourth-order valence-electron chi connectivity index (χ4n) is 2.09. The normalized spacial score (nSPS) is 11.6. The number of anilines is 1. The predicted molar refractivity (Wildman–Crippen MR) is 74.0 cm³/mol. The minimum Gasteiger partial charge on any atom is -0.399 e. The molecule has 0 spiro atoms. The van der Waals surface area contributed by atoms with Crippen molar-refractivity contribution in [3.8, 4) is 16.8 Å². The molecule has 22 heavy (non-hydrogen) atoms. The first-order valence-electron chi connectivity index (χ1n) is 6.28. The van der Waals surface area contributed by atoms with Crippen molar-refractivity contribution in [2.45, 2.75) is 6.18 Å². The van der Waals surface area contributed by atoms with Crippen LogP contribution in [0.25, 0.3) is 16.8 Å². The lowest BCUT2D eigenvalue weighted by atomic mass is 10.0. The highest BCUT2D eigenvalue weighted by Crippen LogP contribution is 2.32. The van der Waals surface area contributed by atoms with Gasteiger partial charge in [-0.3, -0.25) is 0 Å². The van der Waals surface area contributed by atoms with Crippen molar-refractivity contribution in [1.82, 2.24) is 20.2 Å². The number of aromatic nitrogens is 4. The maximum absolute atomic E-state index is 13.0. The molecule has 0 saturated carbocycles. The molecule has 5 nitrogen and oxygen atoms in total. The Bertz CT molecular complexity index is 793. The lowest BCUT2D eigenvalue weighted by Gasteiger charge is -2.12. The van der Waals surface area contributed by atoms with E-state index in [0.29, 0.717) is 21.5 Å². The molecule has 2 N–H and O–H groups in total. The van der Waals surface area contributed by atoms with E-state index in [-0.39, 0.29) is 5.69 Å². The monoisotopic (exact) mass is 305 g/mol. The number of nitrogen functional groups attached to an aromatic ring is 1. The molecule has 1 heterocycles. The van der Waals surface area contributed by atoms with Crippen molar-refractivity contribution in [3.05, 3.63) is 54.4 Å². The van der Waals surface area contributed by atoms with Crippen molar-refractivity contribution in [3.63, 3.8) is 0 Å². The number of nitrogens with zero attached hydrogens (tertiary/aromatic N) is 4. The molecule has 0 fully saturated rings. The first-order valence-corrected chi connectivity index (χ1v) is 6.28. The fourth-order valence-corrected chi connectivity index (χ4v) is 2.09. The van der Waals surface area contributed by atoms with E-state index in [0.717, 1.165) is 0 Å². The Morgan fingerprint density at radius 2 is 1.64 bits per heavy atom. The van der Waals surface area contributed by atoms with Gasteiger partial charge in [-0.15, -0.1) is 5.10 Å². The summed E-state index contributed by atoms with van der Waals surface area (Å²) in [5, 5.41) is 9.67. The van der Waals surface area contributed by atoms with Crippen LogP contribution in [0.1, 0.15) is 5.82 Å². The number of benzene rings is 2. The number of halogens is 3. The Morgan fingerprint density at radius 3 is 2.32 bits per heavy atom.